The zero-order valence-electron chi connectivity index (χ0n) is 20.7. The zero-order valence-corrected chi connectivity index (χ0v) is 20.7. The number of unbranched alkanes of at least 4 members (excludes halogenated alkanes) is 2. The Hall–Kier alpha value is -3.03. The Morgan fingerprint density at radius 3 is 2.44 bits per heavy atom. The highest BCUT2D eigenvalue weighted by Gasteiger charge is 2.43. The number of aromatic amines is 1. The second kappa shape index (κ2) is 17.4. The lowest BCUT2D eigenvalue weighted by atomic mass is 9.98. The van der Waals surface area contributed by atoms with Gasteiger partial charge in [-0.15, -0.1) is 0 Å². The number of rotatable bonds is 9. The fourth-order valence-electron chi connectivity index (χ4n) is 3.24. The zero-order chi connectivity index (χ0) is 26.0. The highest BCUT2D eigenvalue weighted by atomic mass is 16.5. The van der Waals surface area contributed by atoms with Crippen molar-refractivity contribution in [1.29, 1.82) is 5.26 Å². The van der Waals surface area contributed by atoms with Gasteiger partial charge in [-0.2, -0.15) is 5.26 Å². The predicted octanol–water partition coefficient (Wildman–Crippen LogP) is 3.15. The molecule has 1 aromatic rings. The summed E-state index contributed by atoms with van der Waals surface area (Å²) in [4.78, 5) is 30.8. The minimum Gasteiger partial charge on any atom is -0.481 e. The summed E-state index contributed by atoms with van der Waals surface area (Å²) >= 11 is 0. The number of carboxylic acid groups (broad SMARTS) is 1. The molecule has 2 atom stereocenters. The van der Waals surface area contributed by atoms with Crippen molar-refractivity contribution in [1.82, 2.24) is 4.98 Å². The molecule has 0 aromatic carbocycles. The van der Waals surface area contributed by atoms with Gasteiger partial charge in [-0.25, -0.2) is 4.99 Å². The van der Waals surface area contributed by atoms with Crippen LogP contribution in [-0.2, 0) is 19.9 Å². The first-order valence-corrected chi connectivity index (χ1v) is 11.6. The number of aliphatic hydroxyl groups is 1. The van der Waals surface area contributed by atoms with Crippen molar-refractivity contribution in [3.8, 4) is 6.07 Å². The molecule has 0 amide bonds. The van der Waals surface area contributed by atoms with Gasteiger partial charge in [0.15, 0.2) is 11.4 Å². The van der Waals surface area contributed by atoms with Gasteiger partial charge in [0, 0.05) is 13.5 Å². The molecule has 10 nitrogen and oxygen atoms in total. The Kier molecular flexibility index (Phi) is 15.9. The van der Waals surface area contributed by atoms with Crippen LogP contribution in [0.5, 0.6) is 0 Å². The van der Waals surface area contributed by atoms with Crippen LogP contribution in [0.15, 0.2) is 22.1 Å². The molecule has 2 unspecified atom stereocenters. The maximum absolute atomic E-state index is 10.2. The molecule has 0 aliphatic carbocycles. The van der Waals surface area contributed by atoms with E-state index in [2.05, 4.69) is 28.0 Å². The molecular weight excluding hydrogens is 438 g/mol. The van der Waals surface area contributed by atoms with Crippen LogP contribution in [0.2, 0.25) is 0 Å². The third-order valence-corrected chi connectivity index (χ3v) is 5.35. The molecule has 0 radical (unpaired) electrons. The van der Waals surface area contributed by atoms with Gasteiger partial charge in [0.1, 0.15) is 12.4 Å². The number of carbonyl (C=O) groups is 2. The molecule has 1 aromatic heterocycles. The number of carboxylic acids is 1. The van der Waals surface area contributed by atoms with Crippen molar-refractivity contribution in [2.45, 2.75) is 77.4 Å². The molecular formula is C24H39N5O5. The van der Waals surface area contributed by atoms with Gasteiger partial charge in [0.2, 0.25) is 0 Å². The summed E-state index contributed by atoms with van der Waals surface area (Å²) < 4.78 is 5.67. The van der Waals surface area contributed by atoms with E-state index in [1.807, 2.05) is 13.8 Å². The van der Waals surface area contributed by atoms with Gasteiger partial charge in [0.05, 0.1) is 36.4 Å². The lowest BCUT2D eigenvalue weighted by Crippen LogP contribution is -2.26. The number of carbonyl (C=O) groups excluding carboxylic acids is 1. The summed E-state index contributed by atoms with van der Waals surface area (Å²) in [6, 6.07) is 5.74. The van der Waals surface area contributed by atoms with Gasteiger partial charge in [-0.3, -0.25) is 9.79 Å². The van der Waals surface area contributed by atoms with Crippen LogP contribution >= 0.6 is 0 Å². The molecule has 1 aliphatic rings. The summed E-state index contributed by atoms with van der Waals surface area (Å²) in [5.74, 6) is -0.353. The number of ether oxygens (including phenoxy) is 1. The number of amidine groups is 1. The maximum Gasteiger partial charge on any atom is 0.306 e. The molecule has 0 saturated carbocycles. The lowest BCUT2D eigenvalue weighted by Gasteiger charge is -2.20. The predicted molar refractivity (Wildman–Crippen MR) is 132 cm³/mol. The van der Waals surface area contributed by atoms with Gasteiger partial charge in [0.25, 0.3) is 0 Å². The second-order valence-electron chi connectivity index (χ2n) is 7.67. The van der Waals surface area contributed by atoms with Crippen molar-refractivity contribution in [2.24, 2.45) is 21.6 Å². The number of hydrogen-bond donors (Lipinski definition) is 4. The van der Waals surface area contributed by atoms with E-state index in [1.54, 1.807) is 19.2 Å². The van der Waals surface area contributed by atoms with Crippen LogP contribution in [0, 0.1) is 17.2 Å². The smallest absolute Gasteiger partial charge is 0.306 e. The van der Waals surface area contributed by atoms with Crippen LogP contribution in [-0.4, -0.2) is 59.4 Å². The number of aliphatic imine (C=N–C) groups is 2. The molecule has 1 fully saturated rings. The number of nitrogens with one attached hydrogen (secondary N) is 1. The number of aldehydes is 1. The number of aliphatic hydroxyl groups excluding tert-OH is 1. The Labute approximate surface area is 201 Å². The van der Waals surface area contributed by atoms with Crippen molar-refractivity contribution >= 4 is 24.4 Å². The largest absolute Gasteiger partial charge is 0.481 e. The van der Waals surface area contributed by atoms with Crippen LogP contribution in [0.3, 0.4) is 0 Å². The third kappa shape index (κ3) is 9.85. The van der Waals surface area contributed by atoms with Crippen molar-refractivity contribution in [3.63, 3.8) is 0 Å². The van der Waals surface area contributed by atoms with Gasteiger partial charge < -0.3 is 30.5 Å². The SMILES string of the molecule is CCC(CC)C(=O)O.CCCCC=O.CN=C(N=CN)c1ccc(C2(C#N)CCC(CO)O2)[nH]1. The van der Waals surface area contributed by atoms with E-state index < -0.39 is 11.6 Å². The van der Waals surface area contributed by atoms with E-state index in [0.29, 0.717) is 30.1 Å². The molecule has 190 valence electrons. The topological polar surface area (TPSA) is 174 Å². The van der Waals surface area contributed by atoms with Gasteiger partial charge in [-0.1, -0.05) is 27.2 Å². The Morgan fingerprint density at radius 2 is 2.09 bits per heavy atom. The standard InChI is InChI=1S/C13H17N5O2.C6H12O2.C5H10O/c1-16-12(17-8-15)10-2-3-11(18-10)13(7-14)5-4-9(6-19)20-13;1-3-5(4-2)6(7)8;1-2-3-4-5-6/h2-3,8-9,18-19H,4-6H2,1H3,(H2,15,16,17);5H,3-4H2,1-2H3,(H,7,8);5H,2-4H2,1H3. The quantitative estimate of drug-likeness (QED) is 0.183. The molecule has 1 saturated heterocycles. The molecule has 10 heteroatoms. The molecule has 2 heterocycles. The molecule has 0 spiro atoms. The van der Waals surface area contributed by atoms with E-state index in [-0.39, 0.29) is 18.6 Å². The number of aromatic nitrogens is 1. The first-order chi connectivity index (χ1) is 16.3. The summed E-state index contributed by atoms with van der Waals surface area (Å²) in [6.07, 6.45) is 7.39. The minimum atomic E-state index is -1.04. The normalized spacial score (nSPS) is 19.7. The van der Waals surface area contributed by atoms with E-state index in [9.17, 15) is 14.9 Å². The Bertz CT molecular complexity index is 826. The Morgan fingerprint density at radius 1 is 1.41 bits per heavy atom. The summed E-state index contributed by atoms with van der Waals surface area (Å²) in [5.41, 5.74) is 5.52. The van der Waals surface area contributed by atoms with Gasteiger partial charge >= 0.3 is 5.97 Å². The van der Waals surface area contributed by atoms with E-state index in [4.69, 9.17) is 20.7 Å². The lowest BCUT2D eigenvalue weighted by molar-refractivity contribution is -0.141. The van der Waals surface area contributed by atoms with E-state index >= 15 is 0 Å². The van der Waals surface area contributed by atoms with E-state index in [0.717, 1.165) is 44.7 Å². The second-order valence-corrected chi connectivity index (χ2v) is 7.67. The van der Waals surface area contributed by atoms with Crippen LogP contribution < -0.4 is 5.73 Å². The first-order valence-electron chi connectivity index (χ1n) is 11.6. The van der Waals surface area contributed by atoms with Crippen molar-refractivity contribution in [3.05, 3.63) is 23.5 Å². The average molecular weight is 478 g/mol. The fourth-order valence-corrected chi connectivity index (χ4v) is 3.24. The van der Waals surface area contributed by atoms with Crippen molar-refractivity contribution < 1.29 is 24.5 Å². The number of nitriles is 1. The number of H-pyrrole nitrogens is 1. The summed E-state index contributed by atoms with van der Waals surface area (Å²) in [5, 5.41) is 27.0. The summed E-state index contributed by atoms with van der Waals surface area (Å²) in [6.45, 7) is 5.77. The summed E-state index contributed by atoms with van der Waals surface area (Å²) in [7, 11) is 1.61. The highest BCUT2D eigenvalue weighted by Crippen LogP contribution is 2.38. The van der Waals surface area contributed by atoms with Gasteiger partial charge in [-0.05, 0) is 44.2 Å². The average Bonchev–Trinajstić information content (AvgIpc) is 3.51. The molecule has 0 bridgehead atoms. The van der Waals surface area contributed by atoms with Crippen LogP contribution in [0.25, 0.3) is 0 Å². The Balaban J connectivity index is 0.000000643. The third-order valence-electron chi connectivity index (χ3n) is 5.35. The van der Waals surface area contributed by atoms with Crippen LogP contribution in [0.4, 0.5) is 0 Å². The first kappa shape index (κ1) is 31.0. The minimum absolute atomic E-state index is 0.0872. The number of nitrogens with two attached hydrogens (primary N) is 1. The molecule has 2 rings (SSSR count). The monoisotopic (exact) mass is 477 g/mol. The number of nitrogens with zero attached hydrogens (tertiary/aromatic N) is 3. The number of hydrogen-bond acceptors (Lipinski definition) is 6. The maximum atomic E-state index is 10.2. The van der Waals surface area contributed by atoms with E-state index in [1.165, 1.54) is 0 Å². The van der Waals surface area contributed by atoms with Crippen molar-refractivity contribution in [2.75, 3.05) is 13.7 Å². The molecule has 34 heavy (non-hydrogen) atoms. The fraction of sp³-hybridized carbons (Fsp3) is 0.625. The molecule has 5 N–H and O–H groups in total. The highest BCUT2D eigenvalue weighted by molar-refractivity contribution is 6.01. The van der Waals surface area contributed by atoms with Crippen LogP contribution in [0.1, 0.15) is 77.1 Å². The number of aliphatic carboxylic acids is 1. The molecule has 1 aliphatic heterocycles.